The molecule has 6 nitrogen and oxygen atoms in total. The summed E-state index contributed by atoms with van der Waals surface area (Å²) in [4.78, 5) is 25.4. The van der Waals surface area contributed by atoms with Gasteiger partial charge in [-0.25, -0.2) is 14.2 Å². The Labute approximate surface area is 166 Å². The Morgan fingerprint density at radius 2 is 1.93 bits per heavy atom. The zero-order valence-corrected chi connectivity index (χ0v) is 15.7. The normalized spacial score (nSPS) is 23.1. The molecule has 28 heavy (non-hydrogen) atoms. The molecule has 0 amide bonds. The molecule has 3 fully saturated rings. The first-order valence-electron chi connectivity index (χ1n) is 9.25. The number of fused-ring (bicyclic) bond motifs is 3. The quantitative estimate of drug-likeness (QED) is 0.600. The van der Waals surface area contributed by atoms with Crippen molar-refractivity contribution in [2.45, 2.75) is 32.1 Å². The maximum atomic E-state index is 14.9. The standard InChI is InChI=1S/C20H18ClFN4O2/c21-20-24-17(14-7-3-12(10-23)4-8-14)16(22)18(25-20)26-28-19(27)15-9-11-1-5-13(15)6-2-11/h3-4,7-8,11,13,15H,1-2,5-6,9H2,(H,24,25,26). The molecular formula is C20H18ClFN4O2. The van der Waals surface area contributed by atoms with Crippen LogP contribution in [0.15, 0.2) is 24.3 Å². The fourth-order valence-electron chi connectivity index (χ4n) is 4.22. The van der Waals surface area contributed by atoms with Crippen molar-refractivity contribution in [3.05, 3.63) is 40.9 Å². The average molecular weight is 401 g/mol. The molecule has 0 aliphatic heterocycles. The van der Waals surface area contributed by atoms with E-state index in [1.165, 1.54) is 12.8 Å². The molecular weight excluding hydrogens is 383 g/mol. The summed E-state index contributed by atoms with van der Waals surface area (Å²) in [5.41, 5.74) is 3.16. The van der Waals surface area contributed by atoms with Crippen molar-refractivity contribution in [1.82, 2.24) is 9.97 Å². The number of carbonyl (C=O) groups excluding carboxylic acids is 1. The molecule has 0 spiro atoms. The van der Waals surface area contributed by atoms with Crippen molar-refractivity contribution in [2.75, 3.05) is 5.48 Å². The summed E-state index contributed by atoms with van der Waals surface area (Å²) in [6.45, 7) is 0. The van der Waals surface area contributed by atoms with Crippen molar-refractivity contribution in [2.24, 2.45) is 17.8 Å². The van der Waals surface area contributed by atoms with Gasteiger partial charge in [-0.2, -0.15) is 15.7 Å². The second kappa shape index (κ2) is 7.72. The van der Waals surface area contributed by atoms with Crippen LogP contribution >= 0.6 is 11.6 Å². The maximum absolute atomic E-state index is 14.9. The van der Waals surface area contributed by atoms with Crippen molar-refractivity contribution in [3.63, 3.8) is 0 Å². The number of hydrogen-bond donors (Lipinski definition) is 1. The van der Waals surface area contributed by atoms with E-state index in [1.54, 1.807) is 24.3 Å². The molecule has 1 aromatic carbocycles. The lowest BCUT2D eigenvalue weighted by Crippen LogP contribution is -2.37. The van der Waals surface area contributed by atoms with E-state index in [4.69, 9.17) is 21.7 Å². The highest BCUT2D eigenvalue weighted by molar-refractivity contribution is 6.28. The maximum Gasteiger partial charge on any atom is 0.335 e. The van der Waals surface area contributed by atoms with Gasteiger partial charge < -0.3 is 4.84 Å². The van der Waals surface area contributed by atoms with Gasteiger partial charge in [-0.05, 0) is 54.8 Å². The number of nitrogens with zero attached hydrogens (tertiary/aromatic N) is 3. The molecule has 0 radical (unpaired) electrons. The minimum atomic E-state index is -0.785. The first-order chi connectivity index (χ1) is 13.5. The summed E-state index contributed by atoms with van der Waals surface area (Å²) in [6, 6.07) is 8.23. The molecule has 144 valence electrons. The summed E-state index contributed by atoms with van der Waals surface area (Å²) in [6.07, 6.45) is 5.26. The SMILES string of the molecule is N#Cc1ccc(-c2nc(Cl)nc(NOC(=O)C3CC4CCC3CC4)c2F)cc1. The summed E-state index contributed by atoms with van der Waals surface area (Å²) in [5, 5.41) is 8.70. The number of nitrogens with one attached hydrogen (secondary N) is 1. The van der Waals surface area contributed by atoms with E-state index in [0.717, 1.165) is 19.3 Å². The number of nitriles is 1. The van der Waals surface area contributed by atoms with Crippen LogP contribution in [0.25, 0.3) is 11.3 Å². The van der Waals surface area contributed by atoms with Crippen LogP contribution in [0.5, 0.6) is 0 Å². The number of carbonyl (C=O) groups is 1. The third kappa shape index (κ3) is 3.65. The smallest absolute Gasteiger partial charge is 0.335 e. The fraction of sp³-hybridized carbons (Fsp3) is 0.400. The average Bonchev–Trinajstić information content (AvgIpc) is 2.74. The van der Waals surface area contributed by atoms with Crippen LogP contribution in [0, 0.1) is 34.9 Å². The van der Waals surface area contributed by atoms with Crippen molar-refractivity contribution >= 4 is 23.4 Å². The van der Waals surface area contributed by atoms with Gasteiger partial charge in [0.15, 0.2) is 5.82 Å². The summed E-state index contributed by atoms with van der Waals surface area (Å²) in [7, 11) is 0. The van der Waals surface area contributed by atoms with Crippen LogP contribution < -0.4 is 5.48 Å². The Balaban J connectivity index is 1.51. The number of benzene rings is 1. The molecule has 1 atom stereocenters. The minimum Gasteiger partial charge on any atom is -0.342 e. The van der Waals surface area contributed by atoms with E-state index in [1.807, 2.05) is 6.07 Å². The molecule has 1 heterocycles. The van der Waals surface area contributed by atoms with E-state index in [-0.39, 0.29) is 28.7 Å². The summed E-state index contributed by atoms with van der Waals surface area (Å²) in [5.74, 6) is -0.703. The Kier molecular flexibility index (Phi) is 5.14. The first-order valence-corrected chi connectivity index (χ1v) is 9.63. The summed E-state index contributed by atoms with van der Waals surface area (Å²) >= 11 is 5.92. The van der Waals surface area contributed by atoms with Gasteiger partial charge >= 0.3 is 5.97 Å². The van der Waals surface area contributed by atoms with Crippen LogP contribution in [-0.2, 0) is 9.63 Å². The van der Waals surface area contributed by atoms with E-state index in [9.17, 15) is 9.18 Å². The molecule has 2 aromatic rings. The number of anilines is 1. The van der Waals surface area contributed by atoms with Crippen LogP contribution in [0.2, 0.25) is 5.28 Å². The molecule has 5 rings (SSSR count). The van der Waals surface area contributed by atoms with Crippen LogP contribution in [0.4, 0.5) is 10.2 Å². The van der Waals surface area contributed by atoms with Gasteiger partial charge in [0.1, 0.15) is 5.69 Å². The second-order valence-electron chi connectivity index (χ2n) is 7.34. The highest BCUT2D eigenvalue weighted by Gasteiger charge is 2.40. The van der Waals surface area contributed by atoms with Gasteiger partial charge in [0.05, 0.1) is 17.6 Å². The Bertz CT molecular complexity index is 936. The monoisotopic (exact) mass is 400 g/mol. The third-order valence-electron chi connectivity index (χ3n) is 5.71. The van der Waals surface area contributed by atoms with Crippen molar-refractivity contribution < 1.29 is 14.0 Å². The van der Waals surface area contributed by atoms with Crippen LogP contribution in [-0.4, -0.2) is 15.9 Å². The van der Waals surface area contributed by atoms with Gasteiger partial charge in [0.25, 0.3) is 0 Å². The van der Waals surface area contributed by atoms with Gasteiger partial charge in [-0.1, -0.05) is 25.0 Å². The molecule has 3 aliphatic rings. The second-order valence-corrected chi connectivity index (χ2v) is 7.68. The summed E-state index contributed by atoms with van der Waals surface area (Å²) < 4.78 is 14.9. The molecule has 0 saturated heterocycles. The highest BCUT2D eigenvalue weighted by Crippen LogP contribution is 2.45. The van der Waals surface area contributed by atoms with E-state index >= 15 is 0 Å². The van der Waals surface area contributed by atoms with Gasteiger partial charge in [-0.3, -0.25) is 0 Å². The predicted octanol–water partition coefficient (Wildman–Crippen LogP) is 4.50. The Hall–Kier alpha value is -2.72. The predicted molar refractivity (Wildman–Crippen MR) is 100 cm³/mol. The molecule has 8 heteroatoms. The van der Waals surface area contributed by atoms with Crippen molar-refractivity contribution in [3.8, 4) is 17.3 Å². The number of aromatic nitrogens is 2. The molecule has 1 N–H and O–H groups in total. The van der Waals surface area contributed by atoms with E-state index in [2.05, 4.69) is 15.4 Å². The first kappa shape index (κ1) is 18.6. The van der Waals surface area contributed by atoms with E-state index < -0.39 is 5.82 Å². The molecule has 3 saturated carbocycles. The zero-order valence-electron chi connectivity index (χ0n) is 15.0. The third-order valence-corrected chi connectivity index (χ3v) is 5.88. The largest absolute Gasteiger partial charge is 0.342 e. The zero-order chi connectivity index (χ0) is 19.7. The van der Waals surface area contributed by atoms with E-state index in [0.29, 0.717) is 23.0 Å². The fourth-order valence-corrected chi connectivity index (χ4v) is 4.39. The topological polar surface area (TPSA) is 87.9 Å². The number of hydrogen-bond acceptors (Lipinski definition) is 6. The lowest BCUT2D eigenvalue weighted by molar-refractivity contribution is -0.151. The van der Waals surface area contributed by atoms with Crippen LogP contribution in [0.1, 0.15) is 37.7 Å². The molecule has 2 bridgehead atoms. The minimum absolute atomic E-state index is 0.0419. The Morgan fingerprint density at radius 3 is 2.54 bits per heavy atom. The van der Waals surface area contributed by atoms with Gasteiger partial charge in [0, 0.05) is 5.56 Å². The lowest BCUT2D eigenvalue weighted by Gasteiger charge is -2.40. The Morgan fingerprint density at radius 1 is 1.21 bits per heavy atom. The lowest BCUT2D eigenvalue weighted by atomic mass is 9.65. The highest BCUT2D eigenvalue weighted by atomic mass is 35.5. The molecule has 1 aromatic heterocycles. The van der Waals surface area contributed by atoms with Crippen molar-refractivity contribution in [1.29, 1.82) is 5.26 Å². The van der Waals surface area contributed by atoms with Gasteiger partial charge in [0.2, 0.25) is 11.1 Å². The number of rotatable bonds is 4. The number of halogens is 2. The van der Waals surface area contributed by atoms with Gasteiger partial charge in [-0.15, -0.1) is 0 Å². The molecule has 3 aliphatic carbocycles. The molecule has 1 unspecified atom stereocenters. The van der Waals surface area contributed by atoms with Crippen LogP contribution in [0.3, 0.4) is 0 Å².